The third kappa shape index (κ3) is 2.71. The number of hydrogen-bond acceptors (Lipinski definition) is 2. The zero-order valence-corrected chi connectivity index (χ0v) is 11.9. The van der Waals surface area contributed by atoms with E-state index in [2.05, 4.69) is 12.2 Å². The number of hydrogen-bond donors (Lipinski definition) is 2. The van der Waals surface area contributed by atoms with Crippen molar-refractivity contribution in [1.29, 1.82) is 0 Å². The first kappa shape index (κ1) is 13.9. The quantitative estimate of drug-likeness (QED) is 0.811. The third-order valence-electron chi connectivity index (χ3n) is 5.28. The number of rotatable bonds is 3. The third-order valence-corrected chi connectivity index (χ3v) is 5.28. The van der Waals surface area contributed by atoms with E-state index in [0.29, 0.717) is 5.41 Å². The minimum absolute atomic E-state index is 0.0386. The van der Waals surface area contributed by atoms with Gasteiger partial charge >= 0.3 is 0 Å². The van der Waals surface area contributed by atoms with Gasteiger partial charge in [0.25, 0.3) is 0 Å². The van der Waals surface area contributed by atoms with E-state index in [1.54, 1.807) is 0 Å². The van der Waals surface area contributed by atoms with Gasteiger partial charge in [-0.2, -0.15) is 0 Å². The van der Waals surface area contributed by atoms with Crippen molar-refractivity contribution >= 4 is 5.91 Å². The maximum atomic E-state index is 12.4. The van der Waals surface area contributed by atoms with E-state index in [9.17, 15) is 4.79 Å². The second-order valence-corrected chi connectivity index (χ2v) is 6.97. The van der Waals surface area contributed by atoms with Crippen molar-refractivity contribution in [2.24, 2.45) is 16.6 Å². The van der Waals surface area contributed by atoms with Gasteiger partial charge in [0.1, 0.15) is 0 Å². The molecule has 0 aliphatic heterocycles. The zero-order chi connectivity index (χ0) is 13.2. The standard InChI is InChI=1S/C15H28N2O/c1-14(8-4-3-5-9-14)11-17-13(18)15(2)10-6-7-12(15)16/h12H,3-11,16H2,1-2H3,(H,17,18). The van der Waals surface area contributed by atoms with E-state index in [0.717, 1.165) is 25.8 Å². The Bertz CT molecular complexity index is 310. The van der Waals surface area contributed by atoms with Crippen molar-refractivity contribution in [3.8, 4) is 0 Å². The average molecular weight is 252 g/mol. The van der Waals surface area contributed by atoms with Gasteiger partial charge in [-0.1, -0.05) is 32.6 Å². The zero-order valence-electron chi connectivity index (χ0n) is 11.9. The fraction of sp³-hybridized carbons (Fsp3) is 0.933. The van der Waals surface area contributed by atoms with Crippen LogP contribution in [-0.2, 0) is 4.79 Å². The van der Waals surface area contributed by atoms with E-state index in [1.807, 2.05) is 6.92 Å². The summed E-state index contributed by atoms with van der Waals surface area (Å²) < 4.78 is 0. The Kier molecular flexibility index (Phi) is 4.00. The van der Waals surface area contributed by atoms with Crippen molar-refractivity contribution in [2.45, 2.75) is 71.3 Å². The molecule has 3 heteroatoms. The van der Waals surface area contributed by atoms with Gasteiger partial charge in [0.2, 0.25) is 5.91 Å². The molecule has 2 saturated carbocycles. The Morgan fingerprint density at radius 2 is 1.83 bits per heavy atom. The molecular weight excluding hydrogens is 224 g/mol. The molecule has 2 rings (SSSR count). The van der Waals surface area contributed by atoms with Crippen LogP contribution < -0.4 is 11.1 Å². The molecule has 0 heterocycles. The molecule has 104 valence electrons. The van der Waals surface area contributed by atoms with Crippen LogP contribution in [0.4, 0.5) is 0 Å². The first-order valence-electron chi connectivity index (χ1n) is 7.50. The SMILES string of the molecule is CC1(CNC(=O)C2(C)CCCC2N)CCCCC1. The van der Waals surface area contributed by atoms with Gasteiger partial charge in [0, 0.05) is 12.6 Å². The normalized spacial score (nSPS) is 35.4. The fourth-order valence-corrected chi connectivity index (χ4v) is 3.55. The highest BCUT2D eigenvalue weighted by Gasteiger charge is 2.43. The van der Waals surface area contributed by atoms with Gasteiger partial charge in [-0.3, -0.25) is 4.79 Å². The number of carbonyl (C=O) groups excluding carboxylic acids is 1. The van der Waals surface area contributed by atoms with Crippen molar-refractivity contribution in [3.63, 3.8) is 0 Å². The number of amides is 1. The molecule has 18 heavy (non-hydrogen) atoms. The highest BCUT2D eigenvalue weighted by Crippen LogP contribution is 2.38. The van der Waals surface area contributed by atoms with E-state index >= 15 is 0 Å². The molecule has 2 aliphatic carbocycles. The second-order valence-electron chi connectivity index (χ2n) is 6.97. The fourth-order valence-electron chi connectivity index (χ4n) is 3.55. The molecule has 0 aromatic carbocycles. The van der Waals surface area contributed by atoms with E-state index in [-0.39, 0.29) is 17.4 Å². The van der Waals surface area contributed by atoms with E-state index in [4.69, 9.17) is 5.73 Å². The number of nitrogens with two attached hydrogens (primary N) is 1. The summed E-state index contributed by atoms with van der Waals surface area (Å²) in [6.07, 6.45) is 9.48. The van der Waals surface area contributed by atoms with Crippen LogP contribution >= 0.6 is 0 Å². The van der Waals surface area contributed by atoms with Crippen molar-refractivity contribution in [3.05, 3.63) is 0 Å². The first-order chi connectivity index (χ1) is 8.46. The summed E-state index contributed by atoms with van der Waals surface area (Å²) in [5.74, 6) is 0.180. The molecular formula is C15H28N2O. The molecule has 0 bridgehead atoms. The Balaban J connectivity index is 1.88. The lowest BCUT2D eigenvalue weighted by atomic mass is 9.75. The summed E-state index contributed by atoms with van der Waals surface area (Å²) in [6.45, 7) is 5.17. The Morgan fingerprint density at radius 3 is 2.39 bits per heavy atom. The van der Waals surface area contributed by atoms with Crippen LogP contribution in [0, 0.1) is 10.8 Å². The Labute approximate surface area is 111 Å². The molecule has 0 aromatic heterocycles. The lowest BCUT2D eigenvalue weighted by Crippen LogP contribution is -2.49. The number of nitrogens with one attached hydrogen (secondary N) is 1. The molecule has 1 amide bonds. The molecule has 2 fully saturated rings. The first-order valence-corrected chi connectivity index (χ1v) is 7.50. The molecule has 0 spiro atoms. The van der Waals surface area contributed by atoms with Gasteiger partial charge in [-0.15, -0.1) is 0 Å². The van der Waals surface area contributed by atoms with Crippen LogP contribution in [0.15, 0.2) is 0 Å². The maximum Gasteiger partial charge on any atom is 0.227 e. The van der Waals surface area contributed by atoms with Crippen molar-refractivity contribution < 1.29 is 4.79 Å². The topological polar surface area (TPSA) is 55.1 Å². The molecule has 2 atom stereocenters. The predicted octanol–water partition coefficient (Wildman–Crippen LogP) is 2.59. The Hall–Kier alpha value is -0.570. The Morgan fingerprint density at radius 1 is 1.17 bits per heavy atom. The lowest BCUT2D eigenvalue weighted by molar-refractivity contribution is -0.131. The molecule has 0 radical (unpaired) electrons. The van der Waals surface area contributed by atoms with Crippen LogP contribution in [0.5, 0.6) is 0 Å². The van der Waals surface area contributed by atoms with Gasteiger partial charge in [0.05, 0.1) is 5.41 Å². The van der Waals surface area contributed by atoms with Crippen LogP contribution in [0.1, 0.15) is 65.2 Å². The maximum absolute atomic E-state index is 12.4. The monoisotopic (exact) mass is 252 g/mol. The van der Waals surface area contributed by atoms with Crippen LogP contribution in [0.2, 0.25) is 0 Å². The highest BCUT2D eigenvalue weighted by molar-refractivity contribution is 5.83. The average Bonchev–Trinajstić information content (AvgIpc) is 2.69. The smallest absolute Gasteiger partial charge is 0.227 e. The molecule has 3 N–H and O–H groups in total. The molecule has 2 unspecified atom stereocenters. The van der Waals surface area contributed by atoms with Crippen LogP contribution in [0.3, 0.4) is 0 Å². The van der Waals surface area contributed by atoms with Gasteiger partial charge in [0.15, 0.2) is 0 Å². The largest absolute Gasteiger partial charge is 0.355 e. The summed E-state index contributed by atoms with van der Waals surface area (Å²) >= 11 is 0. The molecule has 3 nitrogen and oxygen atoms in total. The number of carbonyl (C=O) groups is 1. The summed E-state index contributed by atoms with van der Waals surface area (Å²) in [4.78, 5) is 12.4. The van der Waals surface area contributed by atoms with Gasteiger partial charge < -0.3 is 11.1 Å². The van der Waals surface area contributed by atoms with Crippen molar-refractivity contribution in [1.82, 2.24) is 5.32 Å². The van der Waals surface area contributed by atoms with Gasteiger partial charge in [-0.05, 0) is 38.0 Å². The van der Waals surface area contributed by atoms with E-state index < -0.39 is 0 Å². The summed E-state index contributed by atoms with van der Waals surface area (Å²) in [6, 6.07) is 0.0386. The van der Waals surface area contributed by atoms with Gasteiger partial charge in [-0.25, -0.2) is 0 Å². The predicted molar refractivity (Wildman–Crippen MR) is 74.1 cm³/mol. The van der Waals surface area contributed by atoms with Crippen LogP contribution in [-0.4, -0.2) is 18.5 Å². The molecule has 0 aromatic rings. The summed E-state index contributed by atoms with van der Waals surface area (Å²) in [7, 11) is 0. The minimum atomic E-state index is -0.328. The molecule has 0 saturated heterocycles. The summed E-state index contributed by atoms with van der Waals surface area (Å²) in [5.41, 5.74) is 6.08. The minimum Gasteiger partial charge on any atom is -0.355 e. The lowest BCUT2D eigenvalue weighted by Gasteiger charge is -2.35. The molecule has 2 aliphatic rings. The summed E-state index contributed by atoms with van der Waals surface area (Å²) in [5, 5.41) is 3.19. The highest BCUT2D eigenvalue weighted by atomic mass is 16.2. The van der Waals surface area contributed by atoms with Crippen molar-refractivity contribution in [2.75, 3.05) is 6.54 Å². The second kappa shape index (κ2) is 5.20. The van der Waals surface area contributed by atoms with E-state index in [1.165, 1.54) is 32.1 Å². The van der Waals surface area contributed by atoms with Crippen LogP contribution in [0.25, 0.3) is 0 Å².